The zero-order chi connectivity index (χ0) is 83.6. The zero-order valence-corrected chi connectivity index (χ0v) is 66.9. The van der Waals surface area contributed by atoms with E-state index in [4.69, 9.17) is 44.7 Å². The number of hydrogen-bond donors (Lipinski definition) is 5. The van der Waals surface area contributed by atoms with E-state index in [1.165, 1.54) is 9.80 Å². The Morgan fingerprint density at radius 2 is 1.24 bits per heavy atom. The molecule has 614 valence electrons. The van der Waals surface area contributed by atoms with Crippen LogP contribution >= 0.6 is 0 Å². The number of anilines is 1. The summed E-state index contributed by atoms with van der Waals surface area (Å²) in [6, 6.07) is 29.9. The minimum Gasteiger partial charge on any atom is -0.748 e. The number of urea groups is 1. The molecule has 4 aliphatic rings. The third-order valence-electron chi connectivity index (χ3n) is 19.9. The van der Waals surface area contributed by atoms with Crippen molar-refractivity contribution >= 4 is 106 Å². The molecule has 34 heteroatoms. The van der Waals surface area contributed by atoms with Crippen molar-refractivity contribution in [3.8, 4) is 5.75 Å². The second kappa shape index (κ2) is 45.7. The molecule has 3 heterocycles. The molecule has 3 atom stereocenters. The van der Waals surface area contributed by atoms with Gasteiger partial charge in [0, 0.05) is 105 Å². The van der Waals surface area contributed by atoms with Gasteiger partial charge in [-0.2, -0.15) is 22.6 Å². The fourth-order valence-corrected chi connectivity index (χ4v) is 15.5. The molecule has 0 spiro atoms. The minimum absolute atomic E-state index is 0.00572. The highest BCUT2D eigenvalue weighted by Gasteiger charge is 2.45. The number of ether oxygens (including phenoxy) is 1. The van der Waals surface area contributed by atoms with E-state index in [1.807, 2.05) is 60.7 Å². The molecule has 0 saturated carbocycles. The number of carboxylic acids is 3. The summed E-state index contributed by atoms with van der Waals surface area (Å²) >= 11 is 0. The summed E-state index contributed by atoms with van der Waals surface area (Å²) in [6.07, 6.45) is 16.7. The summed E-state index contributed by atoms with van der Waals surface area (Å²) in [7, 11) is -14.7. The van der Waals surface area contributed by atoms with E-state index >= 15 is 0 Å². The average molecular weight is 1650 g/mol. The van der Waals surface area contributed by atoms with E-state index in [-0.39, 0.29) is 114 Å². The lowest BCUT2D eigenvalue weighted by molar-refractivity contribution is -0.438. The number of unbranched alkanes of at least 4 members (excludes halogenated alkanes) is 7. The molecular formula is C79H99N5O25S4. The van der Waals surface area contributed by atoms with Crippen LogP contribution in [0, 0.1) is 5.92 Å². The Morgan fingerprint density at radius 1 is 0.646 bits per heavy atom. The number of nitrogens with one attached hydrogen (secondary N) is 1. The summed E-state index contributed by atoms with van der Waals surface area (Å²) in [5.41, 5.74) is 8.54. The fraction of sp³-hybridized carbons (Fsp3) is 0.481. The predicted molar refractivity (Wildman–Crippen MR) is 413 cm³/mol. The van der Waals surface area contributed by atoms with Gasteiger partial charge in [0.2, 0.25) is 11.6 Å². The third-order valence-corrected chi connectivity index (χ3v) is 21.5. The van der Waals surface area contributed by atoms with Gasteiger partial charge < -0.3 is 44.6 Å². The van der Waals surface area contributed by atoms with Crippen LogP contribution in [0.2, 0.25) is 0 Å². The smallest absolute Gasteiger partial charge is 0.425 e. The first-order valence-corrected chi connectivity index (χ1v) is 42.3. The highest BCUT2D eigenvalue weighted by molar-refractivity contribution is 7.85. The Kier molecular flexibility index (Phi) is 37.8. The maximum atomic E-state index is 14.3. The normalized spacial score (nSPS) is 16.3. The van der Waals surface area contributed by atoms with Crippen LogP contribution in [-0.4, -0.2) is 190 Å². The van der Waals surface area contributed by atoms with E-state index in [2.05, 4.69) is 85.0 Å². The lowest BCUT2D eigenvalue weighted by atomic mass is 9.81. The number of allylic oxidation sites excluding steroid dienone is 7. The van der Waals surface area contributed by atoms with Gasteiger partial charge in [-0.15, -0.1) is 25.3 Å². The number of carboxylic acid groups (broad SMARTS) is 3. The van der Waals surface area contributed by atoms with Crippen LogP contribution in [0.5, 0.6) is 5.75 Å². The second-order valence-electron chi connectivity index (χ2n) is 28.7. The van der Waals surface area contributed by atoms with Crippen LogP contribution in [0.4, 0.5) is 16.2 Å². The monoisotopic (exact) mass is 1650 g/mol. The number of carbonyl (C=O) groups is 7. The van der Waals surface area contributed by atoms with Gasteiger partial charge in [0.1, 0.15) is 29.9 Å². The third kappa shape index (κ3) is 31.2. The molecule has 0 unspecified atom stereocenters. The van der Waals surface area contributed by atoms with Gasteiger partial charge in [0.15, 0.2) is 11.5 Å². The van der Waals surface area contributed by atoms with Crippen molar-refractivity contribution in [2.75, 3.05) is 49.1 Å². The number of carbonyl (C=O) groups excluding carboxylic acids is 6. The molecule has 4 aromatic carbocycles. The Labute approximate surface area is 661 Å². The number of Topliss-reactive ketones (excluding diaryl/α,β-unsaturated/α-hetero) is 2. The Hall–Kier alpha value is -9.96. The average Bonchev–Trinajstić information content (AvgIpc) is 1.60. The summed E-state index contributed by atoms with van der Waals surface area (Å²) in [5, 5.41) is 32.4. The number of aliphatic carboxylic acids is 3. The minimum atomic E-state index is -4.39. The largest absolute Gasteiger partial charge is 0.748 e. The number of fused-ring (bicyclic) bond motifs is 2. The Bertz CT molecular complexity index is 4650. The Morgan fingerprint density at radius 3 is 1.86 bits per heavy atom. The van der Waals surface area contributed by atoms with Gasteiger partial charge in [0.05, 0.1) is 33.2 Å². The number of benzene rings is 4. The van der Waals surface area contributed by atoms with Crippen molar-refractivity contribution in [3.05, 3.63) is 172 Å². The summed E-state index contributed by atoms with van der Waals surface area (Å²) in [5.74, 6) is -5.01. The zero-order valence-electron chi connectivity index (χ0n) is 63.6. The molecule has 30 nitrogen and oxygen atoms in total. The molecule has 1 fully saturated rings. The Balaban J connectivity index is 0.00000195. The maximum Gasteiger partial charge on any atom is 0.425 e. The molecule has 4 aromatic rings. The highest BCUT2D eigenvalue weighted by Crippen LogP contribution is 2.48. The molecule has 8 rings (SSSR count). The van der Waals surface area contributed by atoms with Gasteiger partial charge in [-0.1, -0.05) is 124 Å². The van der Waals surface area contributed by atoms with Crippen molar-refractivity contribution < 1.29 is 119 Å². The molecule has 0 bridgehead atoms. The van der Waals surface area contributed by atoms with Crippen LogP contribution in [0.3, 0.4) is 0 Å². The van der Waals surface area contributed by atoms with Crippen LogP contribution in [0.25, 0.3) is 0 Å². The number of rotatable bonds is 42. The van der Waals surface area contributed by atoms with E-state index in [0.29, 0.717) is 75.1 Å². The summed E-state index contributed by atoms with van der Waals surface area (Å²) < 4.78 is 128. The SMILES string of the molecule is CC1(C)C(=CC=C2CCCC(C=CC3=[N+](CCCCS(=O)(=O)O)c4ccccc4C3(C)C)=C2Oc2ccc(C[C@H](CC(=O)[C@H](Cc3ccccc3)NC(=O)CCCCCCCCC(=O)CC[C@@H](C(=O)O)N3CCN(CCCC(=O)O)C3=O)C(=O)O)cc2)N(CCCCS(=O)(=O)[O-])c2ccccc21.O=C=O.O=S(=O)=O.O=S(=O)=O. The topological polar surface area (TPSA) is 462 Å². The van der Waals surface area contributed by atoms with Crippen molar-refractivity contribution in [2.24, 2.45) is 5.92 Å². The number of hydrogen-bond acceptors (Lipinski definition) is 22. The van der Waals surface area contributed by atoms with E-state index in [1.54, 1.807) is 24.3 Å². The van der Waals surface area contributed by atoms with Crippen LogP contribution in [-0.2, 0) is 103 Å². The van der Waals surface area contributed by atoms with E-state index < -0.39 is 106 Å². The first-order chi connectivity index (χ1) is 53.4. The molecule has 3 aliphatic heterocycles. The van der Waals surface area contributed by atoms with Gasteiger partial charge in [-0.05, 0) is 149 Å². The van der Waals surface area contributed by atoms with Crippen molar-refractivity contribution in [2.45, 2.75) is 192 Å². The highest BCUT2D eigenvalue weighted by atomic mass is 32.2. The lowest BCUT2D eigenvalue weighted by Gasteiger charge is -2.28. The molecule has 1 aliphatic carbocycles. The van der Waals surface area contributed by atoms with Gasteiger partial charge in [0.25, 0.3) is 10.1 Å². The maximum absolute atomic E-state index is 14.3. The second-order valence-corrected chi connectivity index (χ2v) is 32.6. The molecule has 0 aromatic heterocycles. The van der Waals surface area contributed by atoms with Crippen LogP contribution in [0.15, 0.2) is 150 Å². The van der Waals surface area contributed by atoms with E-state index in [0.717, 1.165) is 76.3 Å². The first kappa shape index (κ1) is 93.6. The van der Waals surface area contributed by atoms with Gasteiger partial charge >= 0.3 is 51.3 Å². The first-order valence-electron chi connectivity index (χ1n) is 37.1. The summed E-state index contributed by atoms with van der Waals surface area (Å²) in [4.78, 5) is 111. The van der Waals surface area contributed by atoms with Crippen LogP contribution in [0.1, 0.15) is 178 Å². The van der Waals surface area contributed by atoms with Crippen molar-refractivity contribution in [1.82, 2.24) is 15.1 Å². The molecule has 5 N–H and O–H groups in total. The number of nitrogens with zero attached hydrogens (tertiary/aromatic N) is 4. The number of amides is 3. The van der Waals surface area contributed by atoms with Crippen molar-refractivity contribution in [1.29, 1.82) is 0 Å². The molecular weight excluding hydrogens is 1550 g/mol. The van der Waals surface area contributed by atoms with Crippen LogP contribution < -0.4 is 15.0 Å². The lowest BCUT2D eigenvalue weighted by Crippen LogP contribution is -2.44. The summed E-state index contributed by atoms with van der Waals surface area (Å²) in [6.45, 7) is 10.3. The molecule has 113 heavy (non-hydrogen) atoms. The molecule has 1 saturated heterocycles. The fourth-order valence-electron chi connectivity index (χ4n) is 14.3. The molecule has 0 radical (unpaired) electrons. The number of ketones is 2. The van der Waals surface area contributed by atoms with Crippen molar-refractivity contribution in [3.63, 3.8) is 0 Å². The molecule has 3 amide bonds. The van der Waals surface area contributed by atoms with Gasteiger partial charge in [-0.3, -0.25) is 28.5 Å². The number of para-hydroxylation sites is 2. The predicted octanol–water partition coefficient (Wildman–Crippen LogP) is 9.60. The van der Waals surface area contributed by atoms with E-state index in [9.17, 15) is 69.7 Å². The van der Waals surface area contributed by atoms with Gasteiger partial charge in [-0.25, -0.2) is 18.0 Å². The quantitative estimate of drug-likeness (QED) is 0.0156. The standard InChI is InChI=1S/C78H99N5O17S2.CO2.2O3S/c1-77(2)62-29-14-16-31-65(62)81(46-18-20-50-101(94,95)96)69(77)43-37-57-26-22-27-58(38-44-70-78(3,4)63-30-15-17-32-66(63)82(70)47-19-21-51-102(97,98)99)73(57)100-61-40-35-56(36-41-61)52-59(74(89)90)54-68(85)64(53-55-24-10-9-11-25-55)79-71(86)33-13-8-6-5-7-12-28-60(84)39-42-67(75(91)92)83-49-48-80(76(83)93)45-23-34-72(87)88;2-1-3;2*1-4(2)3/h9-11,14-17,24-25,29-32,35-38,40-41,43-44,59,64,67H,5-8,12-13,18-23,26-28,33-34,39,42,45-54H2,1-4H3,(H5-,79,86,87,88,89,90,91,92,94,95,96,97,98,99);;;/t59-,64+,67+;;;/m1.../s1.